The van der Waals surface area contributed by atoms with E-state index in [0.29, 0.717) is 5.15 Å². The average Bonchev–Trinajstić information content (AvgIpc) is 2.45. The Hall–Kier alpha value is -0.930. The molecular formula is C10H11Cl2N3. The molecule has 0 aliphatic carbocycles. The van der Waals surface area contributed by atoms with Crippen molar-refractivity contribution in [3.8, 4) is 0 Å². The number of allylic oxidation sites excluding steroid dienone is 2. The van der Waals surface area contributed by atoms with E-state index < -0.39 is 0 Å². The minimum Gasteiger partial charge on any atom is -0.355 e. The molecule has 3 nitrogen and oxygen atoms in total. The maximum absolute atomic E-state index is 6.16. The van der Waals surface area contributed by atoms with Gasteiger partial charge in [0.05, 0.1) is 5.03 Å². The van der Waals surface area contributed by atoms with E-state index in [-0.39, 0.29) is 6.17 Å². The number of halogens is 2. The van der Waals surface area contributed by atoms with Crippen molar-refractivity contribution in [2.24, 2.45) is 0 Å². The Kier molecular flexibility index (Phi) is 2.76. The molecule has 15 heavy (non-hydrogen) atoms. The second-order valence-electron chi connectivity index (χ2n) is 3.49. The van der Waals surface area contributed by atoms with Gasteiger partial charge >= 0.3 is 0 Å². The summed E-state index contributed by atoms with van der Waals surface area (Å²) in [6.45, 7) is 1.95. The quantitative estimate of drug-likeness (QED) is 0.757. The fourth-order valence-corrected chi connectivity index (χ4v) is 2.18. The monoisotopic (exact) mass is 243 g/mol. The van der Waals surface area contributed by atoms with E-state index in [2.05, 4.69) is 5.10 Å². The molecule has 1 unspecified atom stereocenters. The van der Waals surface area contributed by atoms with Crippen LogP contribution in [0.25, 0.3) is 0 Å². The van der Waals surface area contributed by atoms with E-state index in [9.17, 15) is 0 Å². The van der Waals surface area contributed by atoms with Crippen LogP contribution >= 0.6 is 23.2 Å². The Morgan fingerprint density at radius 2 is 2.13 bits per heavy atom. The number of rotatable bonds is 1. The largest absolute Gasteiger partial charge is 0.355 e. The van der Waals surface area contributed by atoms with E-state index in [0.717, 1.165) is 10.7 Å². The van der Waals surface area contributed by atoms with Crippen LogP contribution in [0.15, 0.2) is 29.5 Å². The van der Waals surface area contributed by atoms with Crippen LogP contribution in [0.3, 0.4) is 0 Å². The van der Waals surface area contributed by atoms with Gasteiger partial charge in [-0.25, -0.2) is 4.68 Å². The zero-order valence-corrected chi connectivity index (χ0v) is 10.00. The summed E-state index contributed by atoms with van der Waals surface area (Å²) >= 11 is 12.0. The molecule has 0 fully saturated rings. The zero-order chi connectivity index (χ0) is 11.0. The Morgan fingerprint density at radius 3 is 2.67 bits per heavy atom. The first-order valence-corrected chi connectivity index (χ1v) is 5.32. The van der Waals surface area contributed by atoms with Crippen LogP contribution in [0.5, 0.6) is 0 Å². The summed E-state index contributed by atoms with van der Waals surface area (Å²) in [7, 11) is 1.95. The average molecular weight is 244 g/mol. The van der Waals surface area contributed by atoms with Crippen LogP contribution in [0.4, 0.5) is 0 Å². The lowest BCUT2D eigenvalue weighted by Crippen LogP contribution is -2.28. The molecule has 0 saturated carbocycles. The molecule has 0 N–H and O–H groups in total. The summed E-state index contributed by atoms with van der Waals surface area (Å²) < 4.78 is 1.81. The molecule has 0 amide bonds. The van der Waals surface area contributed by atoms with Gasteiger partial charge in [-0.1, -0.05) is 23.2 Å². The molecule has 2 heterocycles. The Morgan fingerprint density at radius 1 is 1.40 bits per heavy atom. The number of aromatic nitrogens is 2. The van der Waals surface area contributed by atoms with E-state index in [1.807, 2.05) is 48.0 Å². The van der Waals surface area contributed by atoms with E-state index in [4.69, 9.17) is 23.2 Å². The normalized spacial score (nSPS) is 20.7. The number of likely N-dealkylation sites (N-methyl/N-ethyl adjacent to an activating group) is 1. The molecule has 1 aromatic rings. The first-order chi connectivity index (χ1) is 7.09. The van der Waals surface area contributed by atoms with Gasteiger partial charge in [0, 0.05) is 18.9 Å². The van der Waals surface area contributed by atoms with Gasteiger partial charge in [0.2, 0.25) is 0 Å². The topological polar surface area (TPSA) is 21.1 Å². The Bertz CT molecular complexity index is 434. The molecule has 2 rings (SSSR count). The van der Waals surface area contributed by atoms with Crippen LogP contribution in [0.2, 0.25) is 5.15 Å². The lowest BCUT2D eigenvalue weighted by Gasteiger charge is -2.29. The van der Waals surface area contributed by atoms with E-state index in [1.165, 1.54) is 0 Å². The van der Waals surface area contributed by atoms with Gasteiger partial charge in [-0.2, -0.15) is 5.10 Å². The van der Waals surface area contributed by atoms with Gasteiger partial charge in [0.15, 0.2) is 11.3 Å². The van der Waals surface area contributed by atoms with Crippen LogP contribution in [-0.4, -0.2) is 21.7 Å². The molecule has 1 atom stereocenters. The number of nitrogens with zero attached hydrogens (tertiary/aromatic N) is 3. The molecule has 0 saturated heterocycles. The third-order valence-electron chi connectivity index (χ3n) is 2.33. The van der Waals surface area contributed by atoms with E-state index in [1.54, 1.807) is 0 Å². The SMILES string of the molecule is Cc1cc(Cl)nn1C1C(Cl)=CC=CN1C. The highest BCUT2D eigenvalue weighted by atomic mass is 35.5. The standard InChI is InChI=1S/C10H11Cl2N3/c1-7-6-9(12)13-15(7)10-8(11)4-3-5-14(10)2/h3-6,10H,1-2H3. The third kappa shape index (κ3) is 1.90. The number of aryl methyl sites for hydroxylation is 1. The van der Waals surface area contributed by atoms with Crippen molar-refractivity contribution in [2.75, 3.05) is 7.05 Å². The highest BCUT2D eigenvalue weighted by Crippen LogP contribution is 2.29. The van der Waals surface area contributed by atoms with Gasteiger partial charge in [0.1, 0.15) is 0 Å². The minimum absolute atomic E-state index is 0.0934. The smallest absolute Gasteiger partial charge is 0.159 e. The summed E-state index contributed by atoms with van der Waals surface area (Å²) in [6, 6.07) is 1.82. The predicted molar refractivity (Wildman–Crippen MR) is 61.9 cm³/mol. The molecule has 1 aromatic heterocycles. The van der Waals surface area contributed by atoms with Crippen LogP contribution in [0.1, 0.15) is 11.9 Å². The van der Waals surface area contributed by atoms with Crippen molar-refractivity contribution in [1.82, 2.24) is 14.7 Å². The second-order valence-corrected chi connectivity index (χ2v) is 4.31. The summed E-state index contributed by atoms with van der Waals surface area (Å²) in [4.78, 5) is 1.98. The zero-order valence-electron chi connectivity index (χ0n) is 8.48. The van der Waals surface area contributed by atoms with Crippen LogP contribution < -0.4 is 0 Å². The molecule has 1 aliphatic rings. The van der Waals surface area contributed by atoms with Gasteiger partial charge in [0.25, 0.3) is 0 Å². The first kappa shape index (κ1) is 10.6. The summed E-state index contributed by atoms with van der Waals surface area (Å²) in [5.74, 6) is 0. The van der Waals surface area contributed by atoms with Gasteiger partial charge in [-0.3, -0.25) is 0 Å². The molecule has 0 aromatic carbocycles. The lowest BCUT2D eigenvalue weighted by molar-refractivity contribution is 0.269. The first-order valence-electron chi connectivity index (χ1n) is 4.57. The Balaban J connectivity index is 2.42. The highest BCUT2D eigenvalue weighted by Gasteiger charge is 2.22. The molecule has 1 aliphatic heterocycles. The fraction of sp³-hybridized carbons (Fsp3) is 0.300. The van der Waals surface area contributed by atoms with Crippen molar-refractivity contribution in [3.63, 3.8) is 0 Å². The lowest BCUT2D eigenvalue weighted by atomic mass is 10.3. The van der Waals surface area contributed by atoms with Crippen molar-refractivity contribution in [2.45, 2.75) is 13.1 Å². The highest BCUT2D eigenvalue weighted by molar-refractivity contribution is 6.30. The van der Waals surface area contributed by atoms with Crippen LogP contribution in [-0.2, 0) is 0 Å². The fourth-order valence-electron chi connectivity index (χ4n) is 1.62. The van der Waals surface area contributed by atoms with Crippen molar-refractivity contribution in [1.29, 1.82) is 0 Å². The Labute approximate surface area is 98.6 Å². The second kappa shape index (κ2) is 3.91. The molecule has 0 radical (unpaired) electrons. The minimum atomic E-state index is -0.0934. The van der Waals surface area contributed by atoms with Crippen molar-refractivity contribution < 1.29 is 0 Å². The van der Waals surface area contributed by atoms with Gasteiger partial charge in [-0.15, -0.1) is 0 Å². The molecule has 0 bridgehead atoms. The summed E-state index contributed by atoms with van der Waals surface area (Å²) in [5.41, 5.74) is 0.985. The third-order valence-corrected chi connectivity index (χ3v) is 2.84. The molecule has 0 spiro atoms. The summed E-state index contributed by atoms with van der Waals surface area (Å²) in [5, 5.41) is 5.43. The molecular weight excluding hydrogens is 233 g/mol. The van der Waals surface area contributed by atoms with Gasteiger partial charge in [-0.05, 0) is 25.1 Å². The molecule has 80 valence electrons. The number of hydrogen-bond donors (Lipinski definition) is 0. The molecule has 5 heteroatoms. The van der Waals surface area contributed by atoms with Gasteiger partial charge < -0.3 is 4.90 Å². The summed E-state index contributed by atoms with van der Waals surface area (Å²) in [6.07, 6.45) is 5.62. The maximum Gasteiger partial charge on any atom is 0.159 e. The van der Waals surface area contributed by atoms with E-state index >= 15 is 0 Å². The maximum atomic E-state index is 6.16. The van der Waals surface area contributed by atoms with Crippen molar-refractivity contribution >= 4 is 23.2 Å². The van der Waals surface area contributed by atoms with Crippen LogP contribution in [0, 0.1) is 6.92 Å². The number of hydrogen-bond acceptors (Lipinski definition) is 2. The van der Waals surface area contributed by atoms with Crippen molar-refractivity contribution in [3.05, 3.63) is 40.3 Å². The predicted octanol–water partition coefficient (Wildman–Crippen LogP) is 2.93.